The molecule has 0 aromatic rings. The monoisotopic (exact) mass is 396 g/mol. The van der Waals surface area contributed by atoms with E-state index in [2.05, 4.69) is 46.8 Å². The average Bonchev–Trinajstić information content (AvgIpc) is 2.97. The van der Waals surface area contributed by atoms with Gasteiger partial charge in [-0.2, -0.15) is 0 Å². The van der Waals surface area contributed by atoms with Gasteiger partial charge in [0.2, 0.25) is 0 Å². The van der Waals surface area contributed by atoms with Crippen LogP contribution >= 0.6 is 0 Å². The summed E-state index contributed by atoms with van der Waals surface area (Å²) in [7, 11) is 0. The second-order valence-corrected chi connectivity index (χ2v) is 12.4. The van der Waals surface area contributed by atoms with Crippen LogP contribution in [-0.2, 0) is 0 Å². The summed E-state index contributed by atoms with van der Waals surface area (Å²) >= 11 is 0. The van der Waals surface area contributed by atoms with Gasteiger partial charge in [-0.25, -0.2) is 0 Å². The second kappa shape index (κ2) is 6.98. The third-order valence-corrected chi connectivity index (χ3v) is 10.9. The van der Waals surface area contributed by atoms with E-state index in [9.17, 15) is 5.11 Å². The van der Waals surface area contributed by atoms with E-state index in [0.29, 0.717) is 22.7 Å². The van der Waals surface area contributed by atoms with Gasteiger partial charge in [-0.15, -0.1) is 0 Å². The minimum atomic E-state index is -0.0513. The van der Waals surface area contributed by atoms with E-state index in [4.69, 9.17) is 0 Å². The summed E-state index contributed by atoms with van der Waals surface area (Å²) < 4.78 is 0. The molecule has 1 heteroatoms. The van der Waals surface area contributed by atoms with E-state index in [1.54, 1.807) is 11.1 Å². The molecule has 1 nitrogen and oxygen atoms in total. The maximum atomic E-state index is 10.3. The van der Waals surface area contributed by atoms with Crippen LogP contribution in [0.5, 0.6) is 0 Å². The molecule has 9 atom stereocenters. The lowest BCUT2D eigenvalue weighted by molar-refractivity contribution is 0.0117. The molecular weight excluding hydrogens is 352 g/mol. The van der Waals surface area contributed by atoms with Crippen molar-refractivity contribution in [3.05, 3.63) is 23.3 Å². The van der Waals surface area contributed by atoms with Crippen LogP contribution in [0.2, 0.25) is 0 Å². The Balaban J connectivity index is 1.36. The van der Waals surface area contributed by atoms with E-state index in [1.807, 2.05) is 0 Å². The fourth-order valence-corrected chi connectivity index (χ4v) is 9.11. The molecule has 1 spiro atoms. The zero-order chi connectivity index (χ0) is 20.6. The fraction of sp³-hybridized carbons (Fsp3) is 0.857. The van der Waals surface area contributed by atoms with Gasteiger partial charge in [-0.05, 0) is 104 Å². The lowest BCUT2D eigenvalue weighted by Gasteiger charge is -2.49. The predicted molar refractivity (Wildman–Crippen MR) is 121 cm³/mol. The molecule has 9 unspecified atom stereocenters. The normalized spacial score (nSPS) is 48.2. The van der Waals surface area contributed by atoms with Gasteiger partial charge >= 0.3 is 0 Å². The van der Waals surface area contributed by atoms with Crippen LogP contribution in [0.1, 0.15) is 92.4 Å². The maximum Gasteiger partial charge on any atom is 0.0580 e. The largest absolute Gasteiger partial charge is 0.393 e. The van der Waals surface area contributed by atoms with Crippen LogP contribution in [0.4, 0.5) is 0 Å². The Bertz CT molecular complexity index is 716. The van der Waals surface area contributed by atoms with Crippen molar-refractivity contribution >= 4 is 0 Å². The van der Waals surface area contributed by atoms with Gasteiger partial charge in [0.15, 0.2) is 0 Å². The van der Waals surface area contributed by atoms with E-state index >= 15 is 0 Å². The number of fused-ring (bicyclic) bond motifs is 6. The summed E-state index contributed by atoms with van der Waals surface area (Å²) in [5.74, 6) is 5.76. The number of allylic oxidation sites excluding steroid dienone is 3. The SMILES string of the molecule is CC(C)C(C)/C=C/C(C)C1CCC2C1(C)CCCC21C2CC3=C(CC(O)CC3)C21. The Kier molecular flexibility index (Phi) is 4.89. The van der Waals surface area contributed by atoms with Gasteiger partial charge in [0.1, 0.15) is 0 Å². The zero-order valence-electron chi connectivity index (χ0n) is 19.6. The summed E-state index contributed by atoms with van der Waals surface area (Å²) in [4.78, 5) is 0. The van der Waals surface area contributed by atoms with Crippen molar-refractivity contribution in [2.24, 2.45) is 52.3 Å². The molecule has 0 heterocycles. The molecule has 0 aliphatic heterocycles. The van der Waals surface area contributed by atoms with Gasteiger partial charge in [0.25, 0.3) is 0 Å². The summed E-state index contributed by atoms with van der Waals surface area (Å²) in [6, 6.07) is 0. The lowest BCUT2D eigenvalue weighted by Crippen LogP contribution is -2.41. The number of aliphatic hydroxyl groups is 1. The van der Waals surface area contributed by atoms with Crippen LogP contribution in [0.25, 0.3) is 0 Å². The Morgan fingerprint density at radius 3 is 2.55 bits per heavy atom. The van der Waals surface area contributed by atoms with Crippen molar-refractivity contribution in [2.75, 3.05) is 0 Å². The highest BCUT2D eigenvalue weighted by Gasteiger charge is 2.75. The topological polar surface area (TPSA) is 20.2 Å². The van der Waals surface area contributed by atoms with Crippen LogP contribution in [0.3, 0.4) is 0 Å². The smallest absolute Gasteiger partial charge is 0.0580 e. The maximum absolute atomic E-state index is 10.3. The Morgan fingerprint density at radius 2 is 1.79 bits per heavy atom. The molecule has 0 aromatic carbocycles. The van der Waals surface area contributed by atoms with E-state index < -0.39 is 0 Å². The highest BCUT2D eigenvalue weighted by Crippen LogP contribution is 2.82. The first-order chi connectivity index (χ1) is 13.8. The minimum Gasteiger partial charge on any atom is -0.393 e. The number of rotatable bonds is 4. The lowest BCUT2D eigenvalue weighted by atomic mass is 9.56. The molecule has 0 radical (unpaired) electrons. The molecule has 5 rings (SSSR count). The highest BCUT2D eigenvalue weighted by molar-refractivity contribution is 5.42. The van der Waals surface area contributed by atoms with E-state index in [0.717, 1.165) is 42.4 Å². The third kappa shape index (κ3) is 2.89. The van der Waals surface area contributed by atoms with Crippen LogP contribution in [0.15, 0.2) is 23.3 Å². The van der Waals surface area contributed by atoms with Gasteiger partial charge in [-0.3, -0.25) is 0 Å². The molecule has 1 N–H and O–H groups in total. The third-order valence-electron chi connectivity index (χ3n) is 10.9. The second-order valence-electron chi connectivity index (χ2n) is 12.4. The van der Waals surface area contributed by atoms with Crippen LogP contribution in [-0.4, -0.2) is 11.2 Å². The Morgan fingerprint density at radius 1 is 1.00 bits per heavy atom. The summed E-state index contributed by atoms with van der Waals surface area (Å²) in [5, 5.41) is 10.3. The average molecular weight is 397 g/mol. The van der Waals surface area contributed by atoms with Gasteiger partial charge < -0.3 is 5.11 Å². The molecule has 5 aliphatic rings. The molecule has 29 heavy (non-hydrogen) atoms. The molecule has 0 aromatic heterocycles. The van der Waals surface area contributed by atoms with Crippen molar-refractivity contribution in [1.82, 2.24) is 0 Å². The summed E-state index contributed by atoms with van der Waals surface area (Å²) in [5.41, 5.74) is 4.70. The first kappa shape index (κ1) is 20.3. The summed E-state index contributed by atoms with van der Waals surface area (Å²) in [6.07, 6.45) is 17.0. The fourth-order valence-electron chi connectivity index (χ4n) is 9.11. The minimum absolute atomic E-state index is 0.0513. The molecule has 3 saturated carbocycles. The first-order valence-corrected chi connectivity index (χ1v) is 12.9. The van der Waals surface area contributed by atoms with Crippen molar-refractivity contribution in [3.8, 4) is 0 Å². The summed E-state index contributed by atoms with van der Waals surface area (Å²) in [6.45, 7) is 12.3. The molecule has 5 aliphatic carbocycles. The van der Waals surface area contributed by atoms with Crippen molar-refractivity contribution in [1.29, 1.82) is 0 Å². The van der Waals surface area contributed by atoms with Gasteiger partial charge in [0.05, 0.1) is 6.10 Å². The molecular formula is C28H44O. The number of hydrogen-bond donors (Lipinski definition) is 1. The predicted octanol–water partition coefficient (Wildman–Crippen LogP) is 7.16. The van der Waals surface area contributed by atoms with E-state index in [-0.39, 0.29) is 6.10 Å². The Labute approximate surface area is 179 Å². The molecule has 0 saturated heterocycles. The van der Waals surface area contributed by atoms with Crippen LogP contribution in [0, 0.1) is 52.3 Å². The number of hydrogen-bond acceptors (Lipinski definition) is 1. The molecule has 0 bridgehead atoms. The van der Waals surface area contributed by atoms with Crippen molar-refractivity contribution < 1.29 is 5.11 Å². The number of aliphatic hydroxyl groups excluding tert-OH is 1. The van der Waals surface area contributed by atoms with Crippen molar-refractivity contribution in [3.63, 3.8) is 0 Å². The Hall–Kier alpha value is -0.560. The molecule has 0 amide bonds. The van der Waals surface area contributed by atoms with E-state index in [1.165, 1.54) is 44.9 Å². The zero-order valence-corrected chi connectivity index (χ0v) is 19.6. The molecule has 162 valence electrons. The first-order valence-electron chi connectivity index (χ1n) is 12.9. The van der Waals surface area contributed by atoms with Crippen LogP contribution < -0.4 is 0 Å². The van der Waals surface area contributed by atoms with Gasteiger partial charge in [0, 0.05) is 0 Å². The van der Waals surface area contributed by atoms with Gasteiger partial charge in [-0.1, -0.05) is 64.3 Å². The quantitative estimate of drug-likeness (QED) is 0.500. The standard InChI is InChI=1S/C28H44O/c1-17(2)18(3)7-8-19(4)23-11-12-25-27(23,5)13-6-14-28(25)24-15-20-9-10-21(29)16-22(20)26(24)28/h7-8,17-19,21,23-26,29H,6,9-16H2,1-5H3/b8-7+. The molecule has 3 fully saturated rings. The highest BCUT2D eigenvalue weighted by atomic mass is 16.3. The van der Waals surface area contributed by atoms with Crippen molar-refractivity contribution in [2.45, 2.75) is 98.5 Å².